The summed E-state index contributed by atoms with van der Waals surface area (Å²) in [5.74, 6) is 0.243. The van der Waals surface area contributed by atoms with Crippen LogP contribution in [0.4, 0.5) is 17.1 Å². The van der Waals surface area contributed by atoms with Gasteiger partial charge in [0.25, 0.3) is 11.6 Å². The first-order valence-corrected chi connectivity index (χ1v) is 10.4. The second kappa shape index (κ2) is 10.3. The first-order chi connectivity index (χ1) is 14.8. The smallest absolute Gasteiger partial charge is 0.269 e. The van der Waals surface area contributed by atoms with Crippen LogP contribution >= 0.6 is 27.5 Å². The zero-order valence-electron chi connectivity index (χ0n) is 16.5. The van der Waals surface area contributed by atoms with Gasteiger partial charge in [-0.25, -0.2) is 0 Å². The molecular weight excluding hydrogens is 486 g/mol. The average Bonchev–Trinajstić information content (AvgIpc) is 2.74. The summed E-state index contributed by atoms with van der Waals surface area (Å²) < 4.78 is 6.31. The molecule has 31 heavy (non-hydrogen) atoms. The van der Waals surface area contributed by atoms with Gasteiger partial charge in [0.15, 0.2) is 6.61 Å². The number of non-ortho nitro benzene ring substituents is 1. The molecule has 0 saturated carbocycles. The van der Waals surface area contributed by atoms with Gasteiger partial charge in [-0.1, -0.05) is 23.7 Å². The Hall–Kier alpha value is -3.10. The lowest BCUT2D eigenvalue weighted by Crippen LogP contribution is -2.20. The number of benzene rings is 3. The molecule has 0 saturated heterocycles. The Morgan fingerprint density at radius 3 is 2.45 bits per heavy atom. The fraction of sp³-hybridized carbons (Fsp3) is 0.136. The standard InChI is InChI=1S/C22H19BrClN3O4/c1-14-2-4-17(11-20(14)24)26-22(28)13-31-21-9-3-15(10-19(21)23)12-25-16-5-7-18(8-6-16)27(29)30/h2-11,25H,12-13H2,1H3,(H,26,28). The van der Waals surface area contributed by atoms with Crippen LogP contribution < -0.4 is 15.4 Å². The van der Waals surface area contributed by atoms with E-state index in [9.17, 15) is 14.9 Å². The van der Waals surface area contributed by atoms with Crippen LogP contribution in [0.15, 0.2) is 65.1 Å². The molecule has 0 aliphatic carbocycles. The van der Waals surface area contributed by atoms with Gasteiger partial charge in [0.2, 0.25) is 0 Å². The molecule has 3 aromatic rings. The lowest BCUT2D eigenvalue weighted by Gasteiger charge is -2.11. The highest BCUT2D eigenvalue weighted by Gasteiger charge is 2.09. The summed E-state index contributed by atoms with van der Waals surface area (Å²) in [6, 6.07) is 17.0. The number of nitrogens with zero attached hydrogens (tertiary/aromatic N) is 1. The number of carbonyl (C=O) groups is 1. The fourth-order valence-corrected chi connectivity index (χ4v) is 3.41. The Balaban J connectivity index is 1.52. The van der Waals surface area contributed by atoms with Crippen LogP contribution in [0.2, 0.25) is 5.02 Å². The van der Waals surface area contributed by atoms with E-state index >= 15 is 0 Å². The Morgan fingerprint density at radius 2 is 1.81 bits per heavy atom. The molecule has 0 aromatic heterocycles. The van der Waals surface area contributed by atoms with Crippen molar-refractivity contribution in [2.45, 2.75) is 13.5 Å². The summed E-state index contributed by atoms with van der Waals surface area (Å²) in [5, 5.41) is 17.2. The monoisotopic (exact) mass is 503 g/mol. The molecule has 0 aliphatic rings. The highest BCUT2D eigenvalue weighted by molar-refractivity contribution is 9.10. The molecule has 2 N–H and O–H groups in total. The predicted molar refractivity (Wildman–Crippen MR) is 125 cm³/mol. The van der Waals surface area contributed by atoms with Crippen molar-refractivity contribution >= 4 is 50.5 Å². The van der Waals surface area contributed by atoms with Gasteiger partial charge in [0.1, 0.15) is 5.75 Å². The largest absolute Gasteiger partial charge is 0.483 e. The van der Waals surface area contributed by atoms with E-state index < -0.39 is 4.92 Å². The minimum Gasteiger partial charge on any atom is -0.483 e. The maximum Gasteiger partial charge on any atom is 0.269 e. The molecule has 3 aromatic carbocycles. The van der Waals surface area contributed by atoms with Gasteiger partial charge in [-0.15, -0.1) is 0 Å². The molecule has 9 heteroatoms. The minimum atomic E-state index is -0.435. The maximum atomic E-state index is 12.1. The van der Waals surface area contributed by atoms with Gasteiger partial charge in [0, 0.05) is 35.1 Å². The number of nitro benzene ring substituents is 1. The summed E-state index contributed by atoms with van der Waals surface area (Å²) in [6.45, 7) is 2.26. The Morgan fingerprint density at radius 1 is 1.10 bits per heavy atom. The first kappa shape index (κ1) is 22.6. The third-order valence-corrected chi connectivity index (χ3v) is 5.41. The van der Waals surface area contributed by atoms with Crippen LogP contribution in [0.5, 0.6) is 5.75 Å². The van der Waals surface area contributed by atoms with Crippen LogP contribution in [-0.4, -0.2) is 17.4 Å². The number of ether oxygens (including phenoxy) is 1. The number of nitro groups is 1. The van der Waals surface area contributed by atoms with E-state index in [-0.39, 0.29) is 18.2 Å². The summed E-state index contributed by atoms with van der Waals surface area (Å²) in [6.07, 6.45) is 0. The van der Waals surface area contributed by atoms with E-state index in [1.807, 2.05) is 25.1 Å². The Kier molecular flexibility index (Phi) is 7.49. The molecule has 0 heterocycles. The van der Waals surface area contributed by atoms with Gasteiger partial charge < -0.3 is 15.4 Å². The summed E-state index contributed by atoms with van der Waals surface area (Å²) in [5.41, 5.74) is 3.33. The van der Waals surface area contributed by atoms with Gasteiger partial charge >= 0.3 is 0 Å². The molecule has 0 aliphatic heterocycles. The summed E-state index contributed by atoms with van der Waals surface area (Å²) in [7, 11) is 0. The average molecular weight is 505 g/mol. The first-order valence-electron chi connectivity index (χ1n) is 9.27. The molecule has 160 valence electrons. The van der Waals surface area contributed by atoms with Crippen molar-refractivity contribution in [2.75, 3.05) is 17.2 Å². The van der Waals surface area contributed by atoms with E-state index in [1.54, 1.807) is 30.3 Å². The zero-order chi connectivity index (χ0) is 22.4. The van der Waals surface area contributed by atoms with Crippen molar-refractivity contribution in [3.63, 3.8) is 0 Å². The SMILES string of the molecule is Cc1ccc(NC(=O)COc2ccc(CNc3ccc([N+](=O)[O-])cc3)cc2Br)cc1Cl. The van der Waals surface area contributed by atoms with Gasteiger partial charge in [-0.2, -0.15) is 0 Å². The molecule has 3 rings (SSSR count). The second-order valence-corrected chi connectivity index (χ2v) is 7.98. The Bertz CT molecular complexity index is 1110. The third-order valence-electron chi connectivity index (χ3n) is 4.39. The number of carbonyl (C=O) groups excluding carboxylic acids is 1. The predicted octanol–water partition coefficient (Wildman–Crippen LogP) is 5.95. The van der Waals surface area contributed by atoms with Crippen LogP contribution in [0, 0.1) is 17.0 Å². The molecule has 0 radical (unpaired) electrons. The highest BCUT2D eigenvalue weighted by Crippen LogP contribution is 2.27. The van der Waals surface area contributed by atoms with Crippen molar-refractivity contribution in [2.24, 2.45) is 0 Å². The van der Waals surface area contributed by atoms with Crippen LogP contribution in [-0.2, 0) is 11.3 Å². The quantitative estimate of drug-likeness (QED) is 0.292. The number of hydrogen-bond acceptors (Lipinski definition) is 5. The molecule has 0 unspecified atom stereocenters. The van der Waals surface area contributed by atoms with Crippen LogP contribution in [0.3, 0.4) is 0 Å². The number of hydrogen-bond donors (Lipinski definition) is 2. The van der Waals surface area contributed by atoms with Gasteiger partial charge in [-0.3, -0.25) is 14.9 Å². The zero-order valence-corrected chi connectivity index (χ0v) is 18.9. The summed E-state index contributed by atoms with van der Waals surface area (Å²) in [4.78, 5) is 22.4. The molecule has 7 nitrogen and oxygen atoms in total. The van der Waals surface area contributed by atoms with Crippen molar-refractivity contribution in [3.8, 4) is 5.75 Å². The van der Waals surface area contributed by atoms with Crippen LogP contribution in [0.1, 0.15) is 11.1 Å². The lowest BCUT2D eigenvalue weighted by molar-refractivity contribution is -0.384. The molecule has 0 spiro atoms. The normalized spacial score (nSPS) is 10.4. The number of halogens is 2. The second-order valence-electron chi connectivity index (χ2n) is 6.72. The number of aryl methyl sites for hydroxylation is 1. The maximum absolute atomic E-state index is 12.1. The number of rotatable bonds is 8. The number of amides is 1. The molecule has 0 fully saturated rings. The third kappa shape index (κ3) is 6.44. The van der Waals surface area contributed by atoms with Gasteiger partial charge in [-0.05, 0) is 70.4 Å². The van der Waals surface area contributed by atoms with E-state index in [0.717, 1.165) is 16.8 Å². The Labute approximate surface area is 192 Å². The van der Waals surface area contributed by atoms with Crippen molar-refractivity contribution in [1.29, 1.82) is 0 Å². The molecular formula is C22H19BrClN3O4. The van der Waals surface area contributed by atoms with Crippen molar-refractivity contribution in [3.05, 3.63) is 91.4 Å². The highest BCUT2D eigenvalue weighted by atomic mass is 79.9. The number of anilines is 2. The topological polar surface area (TPSA) is 93.5 Å². The van der Waals surface area contributed by atoms with E-state index in [1.165, 1.54) is 12.1 Å². The number of nitrogens with one attached hydrogen (secondary N) is 2. The summed E-state index contributed by atoms with van der Waals surface area (Å²) >= 11 is 9.53. The van der Waals surface area contributed by atoms with Crippen LogP contribution in [0.25, 0.3) is 0 Å². The molecule has 1 amide bonds. The van der Waals surface area contributed by atoms with E-state index in [4.69, 9.17) is 16.3 Å². The van der Waals surface area contributed by atoms with E-state index in [0.29, 0.717) is 27.5 Å². The van der Waals surface area contributed by atoms with Crippen molar-refractivity contribution < 1.29 is 14.5 Å². The minimum absolute atomic E-state index is 0.0457. The fourth-order valence-electron chi connectivity index (χ4n) is 2.69. The lowest BCUT2D eigenvalue weighted by atomic mass is 10.2. The van der Waals surface area contributed by atoms with Gasteiger partial charge in [0.05, 0.1) is 9.40 Å². The molecule has 0 atom stereocenters. The van der Waals surface area contributed by atoms with E-state index in [2.05, 4.69) is 26.6 Å². The van der Waals surface area contributed by atoms with Crippen molar-refractivity contribution in [1.82, 2.24) is 0 Å². The molecule has 0 bridgehead atoms.